The molecular formula is C12H17NO. The van der Waals surface area contributed by atoms with E-state index in [9.17, 15) is 0 Å². The van der Waals surface area contributed by atoms with E-state index in [1.165, 1.54) is 16.7 Å². The van der Waals surface area contributed by atoms with Crippen molar-refractivity contribution in [1.82, 2.24) is 0 Å². The van der Waals surface area contributed by atoms with Crippen molar-refractivity contribution >= 4 is 0 Å². The molecule has 0 bridgehead atoms. The number of hydrogen-bond donors (Lipinski definition) is 1. The van der Waals surface area contributed by atoms with Crippen molar-refractivity contribution in [1.29, 1.82) is 0 Å². The van der Waals surface area contributed by atoms with E-state index >= 15 is 0 Å². The summed E-state index contributed by atoms with van der Waals surface area (Å²) in [7, 11) is 1.74. The van der Waals surface area contributed by atoms with Crippen LogP contribution in [0.25, 0.3) is 0 Å². The van der Waals surface area contributed by atoms with E-state index in [4.69, 9.17) is 10.5 Å². The van der Waals surface area contributed by atoms with Gasteiger partial charge in [0.25, 0.3) is 0 Å². The summed E-state index contributed by atoms with van der Waals surface area (Å²) in [6, 6.07) is 4.51. The number of methoxy groups -OCH3 is 1. The summed E-state index contributed by atoms with van der Waals surface area (Å²) in [4.78, 5) is 0. The molecular weight excluding hydrogens is 174 g/mol. The minimum Gasteiger partial charge on any atom is -0.496 e. The van der Waals surface area contributed by atoms with Crippen LogP contribution >= 0.6 is 0 Å². The highest BCUT2D eigenvalue weighted by atomic mass is 16.5. The van der Waals surface area contributed by atoms with E-state index in [0.29, 0.717) is 6.04 Å². The van der Waals surface area contributed by atoms with Crippen molar-refractivity contribution in [3.8, 4) is 5.75 Å². The number of aryl methyl sites for hydroxylation is 1. The lowest BCUT2D eigenvalue weighted by atomic mass is 9.85. The molecule has 0 saturated carbocycles. The molecule has 1 atom stereocenters. The molecule has 1 aromatic rings. The standard InChI is InChI=1S/C12H17NO/c1-8-3-6-12(14-2)10-5-4-9(13)7-11(8)10/h3,6,9H,4-5,7,13H2,1-2H3. The lowest BCUT2D eigenvalue weighted by Gasteiger charge is -2.24. The van der Waals surface area contributed by atoms with Crippen molar-refractivity contribution in [2.24, 2.45) is 5.73 Å². The van der Waals surface area contributed by atoms with Gasteiger partial charge in [-0.2, -0.15) is 0 Å². The van der Waals surface area contributed by atoms with Crippen molar-refractivity contribution in [3.05, 3.63) is 28.8 Å². The van der Waals surface area contributed by atoms with Crippen LogP contribution in [0.2, 0.25) is 0 Å². The van der Waals surface area contributed by atoms with Gasteiger partial charge in [-0.3, -0.25) is 0 Å². The zero-order valence-electron chi connectivity index (χ0n) is 8.84. The molecule has 0 fully saturated rings. The average Bonchev–Trinajstić information content (AvgIpc) is 2.19. The van der Waals surface area contributed by atoms with Crippen LogP contribution in [0.15, 0.2) is 12.1 Å². The van der Waals surface area contributed by atoms with Crippen molar-refractivity contribution in [2.75, 3.05) is 7.11 Å². The second-order valence-corrected chi connectivity index (χ2v) is 4.04. The Hall–Kier alpha value is -1.02. The predicted molar refractivity (Wildman–Crippen MR) is 57.7 cm³/mol. The molecule has 1 aliphatic carbocycles. The molecule has 0 radical (unpaired) electrons. The number of hydrogen-bond acceptors (Lipinski definition) is 2. The fourth-order valence-corrected chi connectivity index (χ4v) is 2.23. The Morgan fingerprint density at radius 3 is 2.86 bits per heavy atom. The van der Waals surface area contributed by atoms with E-state index in [-0.39, 0.29) is 0 Å². The highest BCUT2D eigenvalue weighted by Crippen LogP contribution is 2.31. The summed E-state index contributed by atoms with van der Waals surface area (Å²) in [6.45, 7) is 2.15. The van der Waals surface area contributed by atoms with Crippen LogP contribution < -0.4 is 10.5 Å². The van der Waals surface area contributed by atoms with Crippen LogP contribution in [0, 0.1) is 6.92 Å². The first-order chi connectivity index (χ1) is 6.72. The minimum absolute atomic E-state index is 0.327. The molecule has 14 heavy (non-hydrogen) atoms. The van der Waals surface area contributed by atoms with Gasteiger partial charge in [-0.15, -0.1) is 0 Å². The number of benzene rings is 1. The van der Waals surface area contributed by atoms with E-state index in [1.807, 2.05) is 0 Å². The quantitative estimate of drug-likeness (QED) is 0.735. The highest BCUT2D eigenvalue weighted by molar-refractivity contribution is 5.46. The summed E-state index contributed by atoms with van der Waals surface area (Å²) < 4.78 is 5.36. The van der Waals surface area contributed by atoms with Gasteiger partial charge in [0.05, 0.1) is 7.11 Å². The Morgan fingerprint density at radius 2 is 2.14 bits per heavy atom. The van der Waals surface area contributed by atoms with E-state index < -0.39 is 0 Å². The van der Waals surface area contributed by atoms with Crippen LogP contribution in [0.3, 0.4) is 0 Å². The molecule has 1 aromatic carbocycles. The van der Waals surface area contributed by atoms with Crippen molar-refractivity contribution in [2.45, 2.75) is 32.2 Å². The maximum atomic E-state index is 5.97. The Labute approximate surface area is 85.1 Å². The molecule has 1 aliphatic rings. The second kappa shape index (κ2) is 3.62. The third kappa shape index (κ3) is 1.50. The van der Waals surface area contributed by atoms with Gasteiger partial charge < -0.3 is 10.5 Å². The Kier molecular flexibility index (Phi) is 2.46. The third-order valence-electron chi connectivity index (χ3n) is 3.07. The zero-order valence-corrected chi connectivity index (χ0v) is 8.84. The first-order valence-electron chi connectivity index (χ1n) is 5.13. The van der Waals surface area contributed by atoms with Crippen LogP contribution in [-0.2, 0) is 12.8 Å². The molecule has 0 spiro atoms. The smallest absolute Gasteiger partial charge is 0.122 e. The number of fused-ring (bicyclic) bond motifs is 1. The van der Waals surface area contributed by atoms with Gasteiger partial charge in [0.1, 0.15) is 5.75 Å². The van der Waals surface area contributed by atoms with Crippen LogP contribution in [-0.4, -0.2) is 13.2 Å². The van der Waals surface area contributed by atoms with Gasteiger partial charge in [0.2, 0.25) is 0 Å². The Bertz CT molecular complexity index is 346. The fourth-order valence-electron chi connectivity index (χ4n) is 2.23. The maximum absolute atomic E-state index is 5.97. The first-order valence-corrected chi connectivity index (χ1v) is 5.13. The summed E-state index contributed by atoms with van der Waals surface area (Å²) in [5.41, 5.74) is 10.1. The third-order valence-corrected chi connectivity index (χ3v) is 3.07. The van der Waals surface area contributed by atoms with Crippen molar-refractivity contribution < 1.29 is 4.74 Å². The topological polar surface area (TPSA) is 35.2 Å². The summed E-state index contributed by atoms with van der Waals surface area (Å²) in [6.07, 6.45) is 3.13. The highest BCUT2D eigenvalue weighted by Gasteiger charge is 2.20. The van der Waals surface area contributed by atoms with Gasteiger partial charge in [0, 0.05) is 6.04 Å². The number of rotatable bonds is 1. The average molecular weight is 191 g/mol. The molecule has 0 saturated heterocycles. The number of ether oxygens (including phenoxy) is 1. The maximum Gasteiger partial charge on any atom is 0.122 e. The molecule has 2 heteroatoms. The summed E-state index contributed by atoms with van der Waals surface area (Å²) >= 11 is 0. The fraction of sp³-hybridized carbons (Fsp3) is 0.500. The second-order valence-electron chi connectivity index (χ2n) is 4.04. The predicted octanol–water partition coefficient (Wildman–Crippen LogP) is 1.82. The molecule has 76 valence electrons. The van der Waals surface area contributed by atoms with Crippen molar-refractivity contribution in [3.63, 3.8) is 0 Å². The molecule has 0 heterocycles. The van der Waals surface area contributed by atoms with Gasteiger partial charge in [-0.25, -0.2) is 0 Å². The van der Waals surface area contributed by atoms with Crippen LogP contribution in [0.5, 0.6) is 5.75 Å². The Morgan fingerprint density at radius 1 is 1.36 bits per heavy atom. The van der Waals surface area contributed by atoms with E-state index in [1.54, 1.807) is 7.11 Å². The van der Waals surface area contributed by atoms with Crippen LogP contribution in [0.4, 0.5) is 0 Å². The number of nitrogens with two attached hydrogens (primary N) is 1. The molecule has 0 aromatic heterocycles. The normalized spacial score (nSPS) is 20.4. The largest absolute Gasteiger partial charge is 0.496 e. The zero-order chi connectivity index (χ0) is 10.1. The molecule has 2 N–H and O–H groups in total. The lowest BCUT2D eigenvalue weighted by molar-refractivity contribution is 0.404. The molecule has 1 unspecified atom stereocenters. The summed E-state index contributed by atoms with van der Waals surface area (Å²) in [5.74, 6) is 1.03. The van der Waals surface area contributed by atoms with Crippen LogP contribution in [0.1, 0.15) is 23.1 Å². The first kappa shape index (κ1) is 9.53. The molecule has 2 rings (SSSR count). The van der Waals surface area contributed by atoms with Gasteiger partial charge in [-0.05, 0) is 48.9 Å². The Balaban J connectivity index is 2.49. The van der Waals surface area contributed by atoms with E-state index in [2.05, 4.69) is 19.1 Å². The summed E-state index contributed by atoms with van der Waals surface area (Å²) in [5, 5.41) is 0. The van der Waals surface area contributed by atoms with Gasteiger partial charge in [0.15, 0.2) is 0 Å². The molecule has 2 nitrogen and oxygen atoms in total. The minimum atomic E-state index is 0.327. The molecule has 0 aliphatic heterocycles. The SMILES string of the molecule is COc1ccc(C)c2c1CCC(N)C2. The monoisotopic (exact) mass is 191 g/mol. The molecule has 0 amide bonds. The van der Waals surface area contributed by atoms with Gasteiger partial charge in [-0.1, -0.05) is 6.07 Å². The lowest BCUT2D eigenvalue weighted by Crippen LogP contribution is -2.28. The van der Waals surface area contributed by atoms with Gasteiger partial charge >= 0.3 is 0 Å². The van der Waals surface area contributed by atoms with E-state index in [0.717, 1.165) is 25.0 Å².